The first-order chi connectivity index (χ1) is 10.2. The number of rotatable bonds is 5. The number of aliphatic hydroxyl groups is 1. The number of piperidine rings is 1. The van der Waals surface area contributed by atoms with Gasteiger partial charge in [0.15, 0.2) is 0 Å². The minimum atomic E-state index is -0.236. The van der Waals surface area contributed by atoms with Crippen LogP contribution in [-0.4, -0.2) is 48.2 Å². The van der Waals surface area contributed by atoms with Crippen molar-refractivity contribution in [2.24, 2.45) is 0 Å². The maximum Gasteiger partial charge on any atom is 0.241 e. The second-order valence-corrected chi connectivity index (χ2v) is 5.30. The molecule has 0 saturated carbocycles. The highest BCUT2D eigenvalue weighted by atomic mass is 16.3. The maximum atomic E-state index is 12.5. The van der Waals surface area contributed by atoms with Crippen LogP contribution in [0.2, 0.25) is 0 Å². The molecule has 1 aromatic carbocycles. The first-order valence-corrected chi connectivity index (χ1v) is 7.33. The standard InChI is InChI=1S/C16H21N3O2/c17-9-4-10-19(14-5-2-1-3-6-14)16(21)13-18-11-7-15(20)8-12-18/h1-3,5-6,15,20H,4,7-8,10-13H2. The first-order valence-electron chi connectivity index (χ1n) is 7.33. The van der Waals surface area contributed by atoms with Gasteiger partial charge in [0.2, 0.25) is 5.91 Å². The van der Waals surface area contributed by atoms with Crippen LogP contribution in [0.1, 0.15) is 19.3 Å². The molecule has 0 radical (unpaired) electrons. The summed E-state index contributed by atoms with van der Waals surface area (Å²) in [7, 11) is 0. The Bertz CT molecular complexity index is 490. The Morgan fingerprint density at radius 1 is 1.33 bits per heavy atom. The van der Waals surface area contributed by atoms with Crippen molar-refractivity contribution in [3.63, 3.8) is 0 Å². The molecule has 1 fully saturated rings. The summed E-state index contributed by atoms with van der Waals surface area (Å²) in [6.07, 6.45) is 1.52. The maximum absolute atomic E-state index is 12.5. The van der Waals surface area contributed by atoms with E-state index < -0.39 is 0 Å². The monoisotopic (exact) mass is 287 g/mol. The van der Waals surface area contributed by atoms with Gasteiger partial charge in [0.25, 0.3) is 0 Å². The van der Waals surface area contributed by atoms with Gasteiger partial charge in [-0.2, -0.15) is 5.26 Å². The molecule has 1 aliphatic heterocycles. The minimum Gasteiger partial charge on any atom is -0.393 e. The number of nitriles is 1. The van der Waals surface area contributed by atoms with Crippen molar-refractivity contribution in [2.45, 2.75) is 25.4 Å². The number of hydrogen-bond acceptors (Lipinski definition) is 4. The highest BCUT2D eigenvalue weighted by Gasteiger charge is 2.22. The molecule has 5 heteroatoms. The van der Waals surface area contributed by atoms with Gasteiger partial charge in [0, 0.05) is 25.3 Å². The molecule has 0 aromatic heterocycles. The first kappa shape index (κ1) is 15.5. The van der Waals surface area contributed by atoms with Crippen LogP contribution in [0.3, 0.4) is 0 Å². The summed E-state index contributed by atoms with van der Waals surface area (Å²) in [5.41, 5.74) is 0.829. The summed E-state index contributed by atoms with van der Waals surface area (Å²) in [6, 6.07) is 11.5. The van der Waals surface area contributed by atoms with Crippen molar-refractivity contribution in [2.75, 3.05) is 31.1 Å². The Kier molecular flexibility index (Phi) is 5.73. The van der Waals surface area contributed by atoms with E-state index in [0.29, 0.717) is 19.5 Å². The van der Waals surface area contributed by atoms with Crippen molar-refractivity contribution in [3.8, 4) is 6.07 Å². The van der Waals surface area contributed by atoms with E-state index in [1.807, 2.05) is 30.3 Å². The molecule has 1 amide bonds. The number of carbonyl (C=O) groups excluding carboxylic acids is 1. The summed E-state index contributed by atoms with van der Waals surface area (Å²) < 4.78 is 0. The highest BCUT2D eigenvalue weighted by Crippen LogP contribution is 2.16. The zero-order valence-corrected chi connectivity index (χ0v) is 12.1. The van der Waals surface area contributed by atoms with Gasteiger partial charge < -0.3 is 10.0 Å². The van der Waals surface area contributed by atoms with E-state index in [-0.39, 0.29) is 12.0 Å². The molecule has 21 heavy (non-hydrogen) atoms. The molecule has 0 unspecified atom stereocenters. The van der Waals surface area contributed by atoms with Crippen LogP contribution in [0.5, 0.6) is 0 Å². The fraction of sp³-hybridized carbons (Fsp3) is 0.500. The van der Waals surface area contributed by atoms with E-state index in [0.717, 1.165) is 31.6 Å². The SMILES string of the molecule is N#CCCN(C(=O)CN1CCC(O)CC1)c1ccccc1. The minimum absolute atomic E-state index is 0.00726. The normalized spacial score (nSPS) is 16.4. The largest absolute Gasteiger partial charge is 0.393 e. The van der Waals surface area contributed by atoms with Crippen molar-refractivity contribution in [1.82, 2.24) is 4.90 Å². The fourth-order valence-electron chi connectivity index (χ4n) is 2.52. The number of aliphatic hydroxyl groups excluding tert-OH is 1. The van der Waals surface area contributed by atoms with Crippen LogP contribution in [0.25, 0.3) is 0 Å². The molecule has 1 N–H and O–H groups in total. The summed E-state index contributed by atoms with van der Waals surface area (Å²) >= 11 is 0. The summed E-state index contributed by atoms with van der Waals surface area (Å²) in [5.74, 6) is 0.00726. The van der Waals surface area contributed by atoms with Crippen LogP contribution in [-0.2, 0) is 4.79 Å². The summed E-state index contributed by atoms with van der Waals surface area (Å²) in [6.45, 7) is 2.24. The van der Waals surface area contributed by atoms with Gasteiger partial charge in [-0.25, -0.2) is 0 Å². The van der Waals surface area contributed by atoms with Gasteiger partial charge in [0.05, 0.1) is 25.1 Å². The lowest BCUT2D eigenvalue weighted by molar-refractivity contribution is -0.120. The predicted molar refractivity (Wildman–Crippen MR) is 80.7 cm³/mol. The van der Waals surface area contributed by atoms with Crippen molar-refractivity contribution in [1.29, 1.82) is 5.26 Å². The Morgan fingerprint density at radius 3 is 2.62 bits per heavy atom. The number of nitrogens with zero attached hydrogens (tertiary/aromatic N) is 3. The molecule has 5 nitrogen and oxygen atoms in total. The van der Waals surface area contributed by atoms with Crippen molar-refractivity contribution in [3.05, 3.63) is 30.3 Å². The number of likely N-dealkylation sites (tertiary alicyclic amines) is 1. The van der Waals surface area contributed by atoms with E-state index in [1.54, 1.807) is 4.90 Å². The van der Waals surface area contributed by atoms with E-state index in [4.69, 9.17) is 5.26 Å². The Labute approximate surface area is 125 Å². The van der Waals surface area contributed by atoms with E-state index >= 15 is 0 Å². The molecule has 1 aromatic rings. The van der Waals surface area contributed by atoms with Crippen molar-refractivity contribution >= 4 is 11.6 Å². The number of amides is 1. The third kappa shape index (κ3) is 4.55. The van der Waals surface area contributed by atoms with E-state index in [2.05, 4.69) is 11.0 Å². The topological polar surface area (TPSA) is 67.6 Å². The van der Waals surface area contributed by atoms with Crippen molar-refractivity contribution < 1.29 is 9.90 Å². The molecule has 0 spiro atoms. The van der Waals surface area contributed by atoms with Gasteiger partial charge in [-0.1, -0.05) is 18.2 Å². The van der Waals surface area contributed by atoms with Crippen LogP contribution in [0, 0.1) is 11.3 Å². The average Bonchev–Trinajstić information content (AvgIpc) is 2.51. The quantitative estimate of drug-likeness (QED) is 0.888. The summed E-state index contributed by atoms with van der Waals surface area (Å²) in [4.78, 5) is 16.3. The Hall–Kier alpha value is -1.90. The molecule has 1 aliphatic rings. The zero-order chi connectivity index (χ0) is 15.1. The summed E-state index contributed by atoms with van der Waals surface area (Å²) in [5, 5.41) is 18.3. The second kappa shape index (κ2) is 7.77. The number of carbonyl (C=O) groups is 1. The number of benzene rings is 1. The molecule has 1 heterocycles. The molecule has 0 atom stereocenters. The Balaban J connectivity index is 1.99. The molecule has 112 valence electrons. The van der Waals surface area contributed by atoms with Crippen LogP contribution < -0.4 is 4.90 Å². The van der Waals surface area contributed by atoms with Gasteiger partial charge in [-0.05, 0) is 25.0 Å². The lowest BCUT2D eigenvalue weighted by atomic mass is 10.1. The lowest BCUT2D eigenvalue weighted by Crippen LogP contribution is -2.44. The van der Waals surface area contributed by atoms with E-state index in [9.17, 15) is 9.90 Å². The fourth-order valence-corrected chi connectivity index (χ4v) is 2.52. The smallest absolute Gasteiger partial charge is 0.241 e. The van der Waals surface area contributed by atoms with Gasteiger partial charge in [0.1, 0.15) is 0 Å². The lowest BCUT2D eigenvalue weighted by Gasteiger charge is -2.31. The molecule has 1 saturated heterocycles. The molecule has 0 bridgehead atoms. The predicted octanol–water partition coefficient (Wildman–Crippen LogP) is 1.39. The number of para-hydroxylation sites is 1. The van der Waals surface area contributed by atoms with Gasteiger partial charge in [-0.15, -0.1) is 0 Å². The van der Waals surface area contributed by atoms with Crippen LogP contribution in [0.15, 0.2) is 30.3 Å². The number of hydrogen-bond donors (Lipinski definition) is 1. The molecular weight excluding hydrogens is 266 g/mol. The van der Waals surface area contributed by atoms with Gasteiger partial charge >= 0.3 is 0 Å². The van der Waals surface area contributed by atoms with Gasteiger partial charge in [-0.3, -0.25) is 9.69 Å². The van der Waals surface area contributed by atoms with E-state index in [1.165, 1.54) is 0 Å². The van der Waals surface area contributed by atoms with Crippen LogP contribution in [0.4, 0.5) is 5.69 Å². The zero-order valence-electron chi connectivity index (χ0n) is 12.1. The molecular formula is C16H21N3O2. The third-order valence-corrected chi connectivity index (χ3v) is 3.73. The highest BCUT2D eigenvalue weighted by molar-refractivity contribution is 5.94. The second-order valence-electron chi connectivity index (χ2n) is 5.30. The third-order valence-electron chi connectivity index (χ3n) is 3.73. The van der Waals surface area contributed by atoms with Crippen LogP contribution >= 0.6 is 0 Å². The average molecular weight is 287 g/mol. The molecule has 2 rings (SSSR count). The Morgan fingerprint density at radius 2 is 2.00 bits per heavy atom. The molecule has 0 aliphatic carbocycles. The number of anilines is 1.